The fourth-order valence-corrected chi connectivity index (χ4v) is 4.55. The summed E-state index contributed by atoms with van der Waals surface area (Å²) in [5.41, 5.74) is 2.58. The number of halogens is 1. The van der Waals surface area contributed by atoms with Crippen molar-refractivity contribution in [1.82, 2.24) is 9.97 Å². The van der Waals surface area contributed by atoms with Crippen LogP contribution in [0.25, 0.3) is 16.8 Å². The number of carbonyl (C=O) groups excluding carboxylic acids is 2. The molecule has 4 aromatic rings. The number of ketones is 1. The lowest BCUT2D eigenvalue weighted by atomic mass is 9.95. The lowest BCUT2D eigenvalue weighted by Gasteiger charge is -2.24. The average molecular weight is 515 g/mol. The molecule has 2 heterocycles. The summed E-state index contributed by atoms with van der Waals surface area (Å²) in [6.07, 6.45) is -0.0916. The largest absolute Gasteiger partial charge is 0.507 e. The number of nitrogens with one attached hydrogen (secondary N) is 1. The van der Waals surface area contributed by atoms with Crippen LogP contribution in [0, 0.1) is 5.82 Å². The zero-order chi connectivity index (χ0) is 27.1. The minimum Gasteiger partial charge on any atom is -0.507 e. The third-order valence-corrected chi connectivity index (χ3v) is 6.31. The van der Waals surface area contributed by atoms with Gasteiger partial charge in [-0.3, -0.25) is 14.5 Å². The van der Waals surface area contributed by atoms with E-state index in [1.165, 1.54) is 23.1 Å². The third kappa shape index (κ3) is 4.47. The Morgan fingerprint density at radius 3 is 2.50 bits per heavy atom. The maximum atomic E-state index is 13.8. The van der Waals surface area contributed by atoms with Gasteiger partial charge in [-0.2, -0.15) is 0 Å². The molecule has 1 atom stereocenters. The van der Waals surface area contributed by atoms with Gasteiger partial charge in [0.2, 0.25) is 5.95 Å². The highest BCUT2D eigenvalue weighted by Gasteiger charge is 2.48. The zero-order valence-electron chi connectivity index (χ0n) is 21.4. The van der Waals surface area contributed by atoms with Crippen LogP contribution < -0.4 is 14.5 Å². The van der Waals surface area contributed by atoms with Crippen molar-refractivity contribution >= 4 is 40.1 Å². The van der Waals surface area contributed by atoms with E-state index < -0.39 is 23.5 Å². The van der Waals surface area contributed by atoms with Crippen molar-refractivity contribution in [3.05, 3.63) is 89.2 Å². The van der Waals surface area contributed by atoms with Gasteiger partial charge in [-0.1, -0.05) is 24.3 Å². The molecular weight excluding hydrogens is 487 g/mol. The number of anilines is 2. The Morgan fingerprint density at radius 1 is 1.08 bits per heavy atom. The van der Waals surface area contributed by atoms with Gasteiger partial charge >= 0.3 is 5.91 Å². The summed E-state index contributed by atoms with van der Waals surface area (Å²) in [5, 5.41) is 11.4. The van der Waals surface area contributed by atoms with Gasteiger partial charge in [-0.05, 0) is 61.9 Å². The summed E-state index contributed by atoms with van der Waals surface area (Å²) < 4.78 is 19.6. The number of aromatic nitrogens is 2. The molecule has 1 aromatic heterocycles. The minimum absolute atomic E-state index is 0.0744. The quantitative estimate of drug-likeness (QED) is 0.209. The summed E-state index contributed by atoms with van der Waals surface area (Å²) in [7, 11) is 3.81. The van der Waals surface area contributed by atoms with Gasteiger partial charge < -0.3 is 19.7 Å². The molecule has 5 rings (SSSR count). The van der Waals surface area contributed by atoms with E-state index in [0.29, 0.717) is 27.9 Å². The molecule has 2 N–H and O–H groups in total. The number of hydrogen-bond acceptors (Lipinski definition) is 6. The number of carbonyl (C=O) groups is 2. The number of aromatic amines is 1. The van der Waals surface area contributed by atoms with E-state index in [1.54, 1.807) is 36.4 Å². The van der Waals surface area contributed by atoms with Crippen LogP contribution in [0.3, 0.4) is 0 Å². The van der Waals surface area contributed by atoms with Gasteiger partial charge in [0.1, 0.15) is 17.3 Å². The van der Waals surface area contributed by atoms with Crippen LogP contribution in [0.4, 0.5) is 16.0 Å². The molecule has 1 unspecified atom stereocenters. The first-order valence-electron chi connectivity index (χ1n) is 12.1. The fraction of sp³-hybridized carbons (Fsp3) is 0.207. The maximum Gasteiger partial charge on any atom is 0.302 e. The first-order valence-corrected chi connectivity index (χ1v) is 12.1. The lowest BCUT2D eigenvalue weighted by Crippen LogP contribution is -2.30. The molecule has 9 heteroatoms. The van der Waals surface area contributed by atoms with E-state index in [4.69, 9.17) is 4.74 Å². The van der Waals surface area contributed by atoms with Gasteiger partial charge in [0, 0.05) is 25.3 Å². The standard InChI is InChI=1S/C29H27FN4O4/c1-16(2)38-21-7-5-6-18(14-21)26(35)24-25(17-8-11-20(12-9-17)33(3)4)34(28(37)27(24)36)29-31-22-13-10-19(30)15-23(22)32-29/h5-16,25,35H,1-4H3,(H,31,32)/b26-24+. The third-order valence-electron chi connectivity index (χ3n) is 6.31. The van der Waals surface area contributed by atoms with Crippen molar-refractivity contribution in [2.75, 3.05) is 23.9 Å². The Bertz CT molecular complexity index is 1570. The Balaban J connectivity index is 1.69. The van der Waals surface area contributed by atoms with E-state index >= 15 is 0 Å². The van der Waals surface area contributed by atoms with E-state index in [1.807, 2.05) is 45.0 Å². The molecule has 1 aliphatic rings. The average Bonchev–Trinajstić information content (AvgIpc) is 3.41. The van der Waals surface area contributed by atoms with Crippen molar-refractivity contribution in [2.24, 2.45) is 0 Å². The highest BCUT2D eigenvalue weighted by molar-refractivity contribution is 6.51. The normalized spacial score (nSPS) is 17.0. The Hall–Kier alpha value is -4.66. The number of nitrogens with zero attached hydrogens (tertiary/aromatic N) is 3. The molecule has 0 spiro atoms. The summed E-state index contributed by atoms with van der Waals surface area (Å²) in [5.74, 6) is -1.92. The van der Waals surface area contributed by atoms with Crippen molar-refractivity contribution in [2.45, 2.75) is 26.0 Å². The van der Waals surface area contributed by atoms with E-state index in [9.17, 15) is 19.1 Å². The number of fused-ring (bicyclic) bond motifs is 1. The van der Waals surface area contributed by atoms with Gasteiger partial charge in [0.05, 0.1) is 28.8 Å². The van der Waals surface area contributed by atoms with Crippen molar-refractivity contribution in [3.8, 4) is 5.75 Å². The van der Waals surface area contributed by atoms with Crippen LogP contribution in [0.5, 0.6) is 5.75 Å². The highest BCUT2D eigenvalue weighted by atomic mass is 19.1. The predicted octanol–water partition coefficient (Wildman–Crippen LogP) is 5.18. The smallest absolute Gasteiger partial charge is 0.302 e. The van der Waals surface area contributed by atoms with Gasteiger partial charge in [-0.25, -0.2) is 9.37 Å². The van der Waals surface area contributed by atoms with Crippen molar-refractivity contribution in [1.29, 1.82) is 0 Å². The number of H-pyrrole nitrogens is 1. The predicted molar refractivity (Wildman–Crippen MR) is 144 cm³/mol. The van der Waals surface area contributed by atoms with E-state index in [0.717, 1.165) is 5.69 Å². The van der Waals surface area contributed by atoms with Crippen LogP contribution in [0.2, 0.25) is 0 Å². The number of hydrogen-bond donors (Lipinski definition) is 2. The Morgan fingerprint density at radius 2 is 1.82 bits per heavy atom. The monoisotopic (exact) mass is 514 g/mol. The number of aliphatic hydroxyl groups excluding tert-OH is 1. The van der Waals surface area contributed by atoms with Crippen molar-refractivity contribution < 1.29 is 23.8 Å². The van der Waals surface area contributed by atoms with Gasteiger partial charge in [-0.15, -0.1) is 0 Å². The number of rotatable bonds is 6. The van der Waals surface area contributed by atoms with Crippen molar-refractivity contribution in [3.63, 3.8) is 0 Å². The molecule has 194 valence electrons. The number of benzene rings is 3. The first kappa shape index (κ1) is 25.0. The summed E-state index contributed by atoms with van der Waals surface area (Å²) >= 11 is 0. The molecule has 3 aromatic carbocycles. The summed E-state index contributed by atoms with van der Waals surface area (Å²) in [4.78, 5) is 37.4. The van der Waals surface area contributed by atoms with Crippen LogP contribution in [0.1, 0.15) is 31.0 Å². The number of aliphatic hydroxyl groups is 1. The van der Waals surface area contributed by atoms with Crippen LogP contribution in [0.15, 0.2) is 72.3 Å². The SMILES string of the molecule is CC(C)Oc1cccc(/C(O)=C2\C(=O)C(=O)N(c3nc4ccc(F)cc4[nH]3)C2c2ccc(N(C)C)cc2)c1. The van der Waals surface area contributed by atoms with Crippen LogP contribution >= 0.6 is 0 Å². The molecule has 1 saturated heterocycles. The van der Waals surface area contributed by atoms with Gasteiger partial charge in [0.15, 0.2) is 0 Å². The zero-order valence-corrected chi connectivity index (χ0v) is 21.4. The summed E-state index contributed by atoms with van der Waals surface area (Å²) in [6.45, 7) is 3.77. The molecule has 1 fully saturated rings. The molecule has 1 amide bonds. The molecule has 8 nitrogen and oxygen atoms in total. The molecule has 0 saturated carbocycles. The molecule has 0 aliphatic carbocycles. The number of Topliss-reactive ketones (excluding diaryl/α,β-unsaturated/α-hetero) is 1. The molecule has 0 bridgehead atoms. The second-order valence-electron chi connectivity index (χ2n) is 9.57. The second-order valence-corrected chi connectivity index (χ2v) is 9.57. The summed E-state index contributed by atoms with van der Waals surface area (Å²) in [6, 6.07) is 17.1. The molecule has 0 radical (unpaired) electrons. The molecule has 1 aliphatic heterocycles. The Labute approximate surface area is 219 Å². The molecule has 38 heavy (non-hydrogen) atoms. The van der Waals surface area contributed by atoms with E-state index in [2.05, 4.69) is 9.97 Å². The highest BCUT2D eigenvalue weighted by Crippen LogP contribution is 2.42. The Kier molecular flexibility index (Phi) is 6.36. The maximum absolute atomic E-state index is 13.8. The first-order chi connectivity index (χ1) is 18.1. The fourth-order valence-electron chi connectivity index (χ4n) is 4.55. The number of ether oxygens (including phenoxy) is 1. The van der Waals surface area contributed by atoms with Crippen LogP contribution in [-0.4, -0.2) is 47.0 Å². The lowest BCUT2D eigenvalue weighted by molar-refractivity contribution is -0.132. The van der Waals surface area contributed by atoms with E-state index in [-0.39, 0.29) is 23.4 Å². The van der Waals surface area contributed by atoms with Crippen LogP contribution in [-0.2, 0) is 9.59 Å². The number of imidazole rings is 1. The topological polar surface area (TPSA) is 98.8 Å². The number of amides is 1. The minimum atomic E-state index is -0.980. The van der Waals surface area contributed by atoms with Gasteiger partial charge in [0.25, 0.3) is 5.78 Å². The second kappa shape index (κ2) is 9.66. The molecular formula is C29H27FN4O4.